The van der Waals surface area contributed by atoms with Crippen molar-refractivity contribution in [3.63, 3.8) is 0 Å². The van der Waals surface area contributed by atoms with Crippen molar-refractivity contribution < 1.29 is 9.90 Å². The van der Waals surface area contributed by atoms with Crippen molar-refractivity contribution in [2.45, 2.75) is 44.0 Å². The summed E-state index contributed by atoms with van der Waals surface area (Å²) in [6.45, 7) is 5.02. The minimum Gasteiger partial charge on any atom is -0.390 e. The predicted octanol–water partition coefficient (Wildman–Crippen LogP) is 1.07. The molecule has 1 amide bonds. The second kappa shape index (κ2) is 4.53. The van der Waals surface area contributed by atoms with Crippen molar-refractivity contribution in [2.75, 3.05) is 13.1 Å². The summed E-state index contributed by atoms with van der Waals surface area (Å²) in [5.74, 6) is 0.0750. The van der Waals surface area contributed by atoms with Gasteiger partial charge in [-0.25, -0.2) is 0 Å². The summed E-state index contributed by atoms with van der Waals surface area (Å²) >= 11 is 4.13. The van der Waals surface area contributed by atoms with Crippen LogP contribution in [0.5, 0.6) is 0 Å². The normalized spacial score (nSPS) is 31.0. The van der Waals surface area contributed by atoms with Gasteiger partial charge in [0.05, 0.1) is 10.9 Å². The van der Waals surface area contributed by atoms with E-state index in [1.54, 1.807) is 11.8 Å². The van der Waals surface area contributed by atoms with Crippen molar-refractivity contribution in [2.24, 2.45) is 0 Å². The van der Waals surface area contributed by atoms with E-state index in [4.69, 9.17) is 0 Å². The molecule has 1 N–H and O–H groups in total. The minimum atomic E-state index is -0.602. The molecule has 0 aromatic carbocycles. The maximum atomic E-state index is 11.6. The van der Waals surface area contributed by atoms with Crippen LogP contribution in [0.2, 0.25) is 0 Å². The maximum Gasteiger partial charge on any atom is 0.235 e. The van der Waals surface area contributed by atoms with Crippen LogP contribution >= 0.6 is 12.6 Å². The van der Waals surface area contributed by atoms with Crippen LogP contribution in [0.3, 0.4) is 0 Å². The second-order valence-corrected chi connectivity index (χ2v) is 5.13. The Morgan fingerprint density at radius 1 is 1.50 bits per heavy atom. The maximum absolute atomic E-state index is 11.6. The standard InChI is InChI=1S/C10H19NO2S/c1-8(14)9(12)11-6-3-4-10(2,13)5-7-11/h8,13-14H,3-7H2,1-2H3. The van der Waals surface area contributed by atoms with Crippen molar-refractivity contribution in [1.82, 2.24) is 4.90 Å². The van der Waals surface area contributed by atoms with Gasteiger partial charge in [-0.3, -0.25) is 4.79 Å². The van der Waals surface area contributed by atoms with Gasteiger partial charge in [0.15, 0.2) is 0 Å². The summed E-state index contributed by atoms with van der Waals surface area (Å²) in [6, 6.07) is 0. The van der Waals surface area contributed by atoms with Crippen LogP contribution in [0.15, 0.2) is 0 Å². The molecule has 2 unspecified atom stereocenters. The molecule has 14 heavy (non-hydrogen) atoms. The molecule has 2 atom stereocenters. The Morgan fingerprint density at radius 3 is 2.71 bits per heavy atom. The fourth-order valence-electron chi connectivity index (χ4n) is 1.75. The summed E-state index contributed by atoms with van der Waals surface area (Å²) in [4.78, 5) is 13.4. The summed E-state index contributed by atoms with van der Waals surface area (Å²) in [5, 5.41) is 9.60. The van der Waals surface area contributed by atoms with Crippen molar-refractivity contribution in [3.8, 4) is 0 Å². The van der Waals surface area contributed by atoms with Gasteiger partial charge in [0.1, 0.15) is 0 Å². The molecule has 1 aliphatic rings. The Kier molecular flexibility index (Phi) is 3.84. The summed E-state index contributed by atoms with van der Waals surface area (Å²) in [5.41, 5.74) is -0.602. The molecule has 0 aromatic heterocycles. The van der Waals surface area contributed by atoms with Crippen molar-refractivity contribution in [1.29, 1.82) is 0 Å². The summed E-state index contributed by atoms with van der Waals surface area (Å²) in [6.07, 6.45) is 2.32. The largest absolute Gasteiger partial charge is 0.390 e. The Morgan fingerprint density at radius 2 is 2.14 bits per heavy atom. The Balaban J connectivity index is 2.54. The molecule has 1 fully saturated rings. The van der Waals surface area contributed by atoms with Gasteiger partial charge in [-0.05, 0) is 33.1 Å². The molecule has 82 valence electrons. The fourth-order valence-corrected chi connectivity index (χ4v) is 1.91. The molecule has 1 rings (SSSR count). The highest BCUT2D eigenvalue weighted by molar-refractivity contribution is 7.81. The fraction of sp³-hybridized carbons (Fsp3) is 0.900. The first-order chi connectivity index (χ1) is 6.42. The molecular weight excluding hydrogens is 198 g/mol. The number of hydrogen-bond acceptors (Lipinski definition) is 3. The molecular formula is C10H19NO2S. The van der Waals surface area contributed by atoms with Crippen LogP contribution in [0.4, 0.5) is 0 Å². The monoisotopic (exact) mass is 217 g/mol. The zero-order valence-corrected chi connectivity index (χ0v) is 9.76. The van der Waals surface area contributed by atoms with E-state index in [0.29, 0.717) is 13.0 Å². The first-order valence-corrected chi connectivity index (χ1v) is 5.63. The molecule has 0 bridgehead atoms. The van der Waals surface area contributed by atoms with Crippen LogP contribution in [0, 0.1) is 0 Å². The van der Waals surface area contributed by atoms with Crippen LogP contribution in [-0.2, 0) is 4.79 Å². The molecule has 0 spiro atoms. The summed E-state index contributed by atoms with van der Waals surface area (Å²) in [7, 11) is 0. The molecule has 0 aliphatic carbocycles. The number of carbonyl (C=O) groups excluding carboxylic acids is 1. The van der Waals surface area contributed by atoms with Crippen molar-refractivity contribution in [3.05, 3.63) is 0 Å². The first-order valence-electron chi connectivity index (χ1n) is 5.12. The van der Waals surface area contributed by atoms with Gasteiger partial charge in [-0.1, -0.05) is 0 Å². The molecule has 0 aromatic rings. The second-order valence-electron chi connectivity index (χ2n) is 4.35. The smallest absolute Gasteiger partial charge is 0.235 e. The van der Waals surface area contributed by atoms with E-state index in [1.807, 2.05) is 6.92 Å². The third kappa shape index (κ3) is 3.17. The quantitative estimate of drug-likeness (QED) is 0.645. The van der Waals surface area contributed by atoms with Crippen LogP contribution < -0.4 is 0 Å². The average Bonchev–Trinajstić information content (AvgIpc) is 2.25. The van der Waals surface area contributed by atoms with E-state index in [0.717, 1.165) is 19.4 Å². The lowest BCUT2D eigenvalue weighted by atomic mass is 9.98. The van der Waals surface area contributed by atoms with Gasteiger partial charge in [0.2, 0.25) is 5.91 Å². The van der Waals surface area contributed by atoms with Gasteiger partial charge in [0.25, 0.3) is 0 Å². The zero-order valence-electron chi connectivity index (χ0n) is 8.86. The van der Waals surface area contributed by atoms with Crippen LogP contribution in [-0.4, -0.2) is 39.9 Å². The highest BCUT2D eigenvalue weighted by Crippen LogP contribution is 2.21. The third-order valence-corrected chi connectivity index (χ3v) is 2.95. The molecule has 4 heteroatoms. The molecule has 0 saturated carbocycles. The number of carbonyl (C=O) groups is 1. The Labute approximate surface area is 90.9 Å². The topological polar surface area (TPSA) is 40.5 Å². The van der Waals surface area contributed by atoms with Gasteiger partial charge in [-0.2, -0.15) is 12.6 Å². The third-order valence-electron chi connectivity index (χ3n) is 2.73. The van der Waals surface area contributed by atoms with E-state index in [9.17, 15) is 9.90 Å². The number of amides is 1. The lowest BCUT2D eigenvalue weighted by Gasteiger charge is -2.23. The zero-order chi connectivity index (χ0) is 10.8. The molecule has 1 saturated heterocycles. The van der Waals surface area contributed by atoms with Crippen molar-refractivity contribution >= 4 is 18.5 Å². The van der Waals surface area contributed by atoms with Crippen LogP contribution in [0.1, 0.15) is 33.1 Å². The lowest BCUT2D eigenvalue weighted by molar-refractivity contribution is -0.130. The lowest BCUT2D eigenvalue weighted by Crippen LogP contribution is -2.37. The van der Waals surface area contributed by atoms with Gasteiger partial charge in [-0.15, -0.1) is 0 Å². The van der Waals surface area contributed by atoms with Gasteiger partial charge >= 0.3 is 0 Å². The van der Waals surface area contributed by atoms with E-state index in [2.05, 4.69) is 12.6 Å². The van der Waals surface area contributed by atoms with E-state index < -0.39 is 5.60 Å². The number of likely N-dealkylation sites (tertiary alicyclic amines) is 1. The number of nitrogens with zero attached hydrogens (tertiary/aromatic N) is 1. The summed E-state index contributed by atoms with van der Waals surface area (Å²) < 4.78 is 0. The average molecular weight is 217 g/mol. The highest BCUT2D eigenvalue weighted by atomic mass is 32.1. The predicted molar refractivity (Wildman–Crippen MR) is 59.5 cm³/mol. The SMILES string of the molecule is CC(S)C(=O)N1CCCC(C)(O)CC1. The number of rotatable bonds is 1. The number of hydrogen-bond donors (Lipinski definition) is 2. The number of aliphatic hydroxyl groups is 1. The van der Waals surface area contributed by atoms with E-state index in [-0.39, 0.29) is 11.2 Å². The van der Waals surface area contributed by atoms with Crippen LogP contribution in [0.25, 0.3) is 0 Å². The van der Waals surface area contributed by atoms with Gasteiger partial charge < -0.3 is 10.0 Å². The number of thiol groups is 1. The molecule has 0 radical (unpaired) electrons. The molecule has 1 aliphatic heterocycles. The minimum absolute atomic E-state index is 0.0750. The Bertz CT molecular complexity index is 216. The molecule has 3 nitrogen and oxygen atoms in total. The first kappa shape index (κ1) is 11.9. The van der Waals surface area contributed by atoms with Gasteiger partial charge in [0, 0.05) is 13.1 Å². The Hall–Kier alpha value is -0.220. The highest BCUT2D eigenvalue weighted by Gasteiger charge is 2.27. The molecule has 1 heterocycles. The van der Waals surface area contributed by atoms with E-state index >= 15 is 0 Å². The van der Waals surface area contributed by atoms with E-state index in [1.165, 1.54) is 0 Å².